The number of esters is 1. The minimum atomic E-state index is -0.687. The molecule has 2 heterocycles. The number of nitrogens with zero attached hydrogens (tertiary/aromatic N) is 1. The molecule has 0 saturated carbocycles. The van der Waals surface area contributed by atoms with Gasteiger partial charge in [-0.2, -0.15) is 0 Å². The fraction of sp³-hybridized carbons (Fsp3) is 0.880. The van der Waals surface area contributed by atoms with E-state index in [1.807, 2.05) is 13.8 Å². The van der Waals surface area contributed by atoms with Crippen molar-refractivity contribution in [2.45, 2.75) is 71.2 Å². The maximum atomic E-state index is 12.9. The third-order valence-corrected chi connectivity index (χ3v) is 5.97. The highest BCUT2D eigenvalue weighted by Crippen LogP contribution is 2.22. The van der Waals surface area contributed by atoms with Gasteiger partial charge in [-0.1, -0.05) is 27.7 Å². The van der Waals surface area contributed by atoms with Crippen molar-refractivity contribution in [3.05, 3.63) is 0 Å². The Morgan fingerprint density at radius 3 is 2.36 bits per heavy atom. The van der Waals surface area contributed by atoms with Crippen LogP contribution in [0.3, 0.4) is 0 Å². The van der Waals surface area contributed by atoms with Crippen LogP contribution in [0.25, 0.3) is 0 Å². The zero-order valence-electron chi connectivity index (χ0n) is 22.4. The molecule has 2 fully saturated rings. The lowest BCUT2D eigenvalue weighted by Gasteiger charge is -2.24. The van der Waals surface area contributed by atoms with Crippen molar-refractivity contribution < 1.29 is 36.2 Å². The summed E-state index contributed by atoms with van der Waals surface area (Å²) in [5.74, 6) is -0.576. The van der Waals surface area contributed by atoms with E-state index < -0.39 is 12.1 Å². The molecule has 2 rings (SSSR count). The monoisotopic (exact) mass is 518 g/mol. The first kappa shape index (κ1) is 30.4. The molecule has 0 aromatic rings. The number of likely N-dealkylation sites (tertiary alicyclic amines) is 1. The van der Waals surface area contributed by atoms with E-state index in [0.717, 1.165) is 25.9 Å². The van der Waals surface area contributed by atoms with Gasteiger partial charge < -0.3 is 39.8 Å². The molecule has 3 unspecified atom stereocenters. The number of carbonyl (C=O) groups excluding carboxylic acids is 3. The summed E-state index contributed by atoms with van der Waals surface area (Å²) in [5, 5.41) is 9.28. The molecule has 0 aromatic carbocycles. The number of amides is 2. The van der Waals surface area contributed by atoms with Crippen molar-refractivity contribution in [1.82, 2.24) is 20.9 Å². The molecular weight excluding hydrogens is 468 g/mol. The van der Waals surface area contributed by atoms with Gasteiger partial charge in [0, 0.05) is 28.4 Å². The van der Waals surface area contributed by atoms with Gasteiger partial charge in [0.2, 0.25) is 11.8 Å². The van der Waals surface area contributed by atoms with Crippen LogP contribution in [0.15, 0.2) is 0 Å². The van der Waals surface area contributed by atoms with Crippen molar-refractivity contribution in [3.8, 4) is 0 Å². The molecule has 11 heteroatoms. The van der Waals surface area contributed by atoms with Gasteiger partial charge in [0.15, 0.2) is 0 Å². The highest BCUT2D eigenvalue weighted by molar-refractivity contribution is 5.89. The van der Waals surface area contributed by atoms with Crippen LogP contribution in [0.4, 0.5) is 0 Å². The minimum Gasteiger partial charge on any atom is -0.459 e. The molecule has 2 aliphatic rings. The number of carbonyl (C=O) groups is 3. The standard InChI is InChI=1S/C25H46N4O7.2H2/c1-18(2)15-28-24(31)22-14-20(36-25(32)21-6-5-7-27-21)16-29(22)23(30)17-35-13-12-34-11-10-33-9-8-26-19(3)4;;/h18-22,26-27H,5-17H2,1-4H3,(H,28,31);2*1H. The zero-order valence-corrected chi connectivity index (χ0v) is 22.4. The van der Waals surface area contributed by atoms with Crippen molar-refractivity contribution in [2.24, 2.45) is 5.92 Å². The molecule has 2 aliphatic heterocycles. The normalized spacial score (nSPS) is 21.9. The Kier molecular flexibility index (Phi) is 14.3. The largest absolute Gasteiger partial charge is 0.459 e. The zero-order chi connectivity index (χ0) is 26.3. The van der Waals surface area contributed by atoms with E-state index in [1.165, 1.54) is 4.90 Å². The van der Waals surface area contributed by atoms with Gasteiger partial charge in [0.1, 0.15) is 24.8 Å². The first-order valence-corrected chi connectivity index (χ1v) is 13.3. The van der Waals surface area contributed by atoms with Gasteiger partial charge in [-0.15, -0.1) is 0 Å². The molecule has 2 amide bonds. The summed E-state index contributed by atoms with van der Waals surface area (Å²) < 4.78 is 22.1. The Labute approximate surface area is 218 Å². The van der Waals surface area contributed by atoms with E-state index in [2.05, 4.69) is 29.8 Å². The van der Waals surface area contributed by atoms with Crippen LogP contribution in [-0.2, 0) is 33.3 Å². The molecule has 0 spiro atoms. The van der Waals surface area contributed by atoms with Crippen LogP contribution < -0.4 is 16.0 Å². The molecule has 3 atom stereocenters. The van der Waals surface area contributed by atoms with Crippen molar-refractivity contribution >= 4 is 17.8 Å². The third kappa shape index (κ3) is 11.5. The molecule has 0 bridgehead atoms. The topological polar surface area (TPSA) is 127 Å². The second-order valence-corrected chi connectivity index (χ2v) is 10.0. The van der Waals surface area contributed by atoms with Gasteiger partial charge in [-0.3, -0.25) is 14.4 Å². The summed E-state index contributed by atoms with van der Waals surface area (Å²) in [5.41, 5.74) is 0. The molecule has 3 N–H and O–H groups in total. The predicted octanol–water partition coefficient (Wildman–Crippen LogP) is 0.563. The molecule has 0 aromatic heterocycles. The van der Waals surface area contributed by atoms with Crippen LogP contribution in [0.1, 0.15) is 49.8 Å². The van der Waals surface area contributed by atoms with E-state index >= 15 is 0 Å². The lowest BCUT2D eigenvalue weighted by Crippen LogP contribution is -2.47. The fourth-order valence-corrected chi connectivity index (χ4v) is 4.06. The average molecular weight is 519 g/mol. The summed E-state index contributed by atoms with van der Waals surface area (Å²) in [6, 6.07) is -0.564. The van der Waals surface area contributed by atoms with Gasteiger partial charge in [0.05, 0.1) is 39.6 Å². The smallest absolute Gasteiger partial charge is 0.323 e. The highest BCUT2D eigenvalue weighted by atomic mass is 16.6. The average Bonchev–Trinajstić information content (AvgIpc) is 3.51. The molecule has 2 saturated heterocycles. The SMILES string of the molecule is CC(C)CNC(=O)C1CC(OC(=O)C2CCCN2)CN1C(=O)COCCOCCOCCNC(C)C.[HH].[HH]. The summed E-state index contributed by atoms with van der Waals surface area (Å²) in [7, 11) is 0. The molecular formula is C25H50N4O7. The Morgan fingerprint density at radius 1 is 1.03 bits per heavy atom. The van der Waals surface area contributed by atoms with Gasteiger partial charge >= 0.3 is 5.97 Å². The first-order valence-electron chi connectivity index (χ1n) is 13.3. The van der Waals surface area contributed by atoms with E-state index in [0.29, 0.717) is 39.0 Å². The molecule has 0 radical (unpaired) electrons. The first-order chi connectivity index (χ1) is 17.3. The predicted molar refractivity (Wildman–Crippen MR) is 139 cm³/mol. The molecule has 212 valence electrons. The summed E-state index contributed by atoms with van der Waals surface area (Å²) in [6.45, 7) is 12.5. The Balaban J connectivity index is 0.00000684. The minimum absolute atomic E-state index is 0. The number of hydrogen-bond acceptors (Lipinski definition) is 9. The molecule has 0 aliphatic carbocycles. The van der Waals surface area contributed by atoms with Gasteiger partial charge in [0.25, 0.3) is 0 Å². The van der Waals surface area contributed by atoms with Crippen molar-refractivity contribution in [1.29, 1.82) is 0 Å². The van der Waals surface area contributed by atoms with E-state index in [4.69, 9.17) is 18.9 Å². The number of ether oxygens (including phenoxy) is 4. The second-order valence-electron chi connectivity index (χ2n) is 10.0. The lowest BCUT2D eigenvalue weighted by atomic mass is 10.1. The molecule has 36 heavy (non-hydrogen) atoms. The van der Waals surface area contributed by atoms with Crippen LogP contribution >= 0.6 is 0 Å². The maximum Gasteiger partial charge on any atom is 0.323 e. The van der Waals surface area contributed by atoms with Crippen molar-refractivity contribution in [3.63, 3.8) is 0 Å². The van der Waals surface area contributed by atoms with Crippen LogP contribution in [0.2, 0.25) is 0 Å². The van der Waals surface area contributed by atoms with E-state index in [9.17, 15) is 14.4 Å². The van der Waals surface area contributed by atoms with Gasteiger partial charge in [-0.05, 0) is 25.3 Å². The summed E-state index contributed by atoms with van der Waals surface area (Å²) in [4.78, 5) is 39.6. The summed E-state index contributed by atoms with van der Waals surface area (Å²) >= 11 is 0. The quantitative estimate of drug-likeness (QED) is 0.187. The van der Waals surface area contributed by atoms with E-state index in [-0.39, 0.29) is 58.8 Å². The lowest BCUT2D eigenvalue weighted by molar-refractivity contribution is -0.151. The van der Waals surface area contributed by atoms with E-state index in [1.54, 1.807) is 0 Å². The van der Waals surface area contributed by atoms with Crippen molar-refractivity contribution in [2.75, 3.05) is 65.8 Å². The van der Waals surface area contributed by atoms with Gasteiger partial charge in [-0.25, -0.2) is 0 Å². The van der Waals surface area contributed by atoms with Crippen LogP contribution in [0.5, 0.6) is 0 Å². The third-order valence-electron chi connectivity index (χ3n) is 5.97. The summed E-state index contributed by atoms with van der Waals surface area (Å²) in [6.07, 6.45) is 1.44. The van der Waals surface area contributed by atoms with Crippen LogP contribution in [-0.4, -0.2) is 113 Å². The Morgan fingerprint density at radius 2 is 1.72 bits per heavy atom. The second kappa shape index (κ2) is 16.9. The highest BCUT2D eigenvalue weighted by Gasteiger charge is 2.42. The maximum absolute atomic E-state index is 12.9. The Bertz CT molecular complexity index is 682. The number of nitrogens with one attached hydrogen (secondary N) is 3. The molecule has 11 nitrogen and oxygen atoms in total. The Hall–Kier alpha value is -1.79. The fourth-order valence-electron chi connectivity index (χ4n) is 4.06. The number of hydrogen-bond donors (Lipinski definition) is 3. The van der Waals surface area contributed by atoms with Crippen LogP contribution in [0, 0.1) is 5.92 Å². The number of rotatable bonds is 17.